The van der Waals surface area contributed by atoms with Crippen LogP contribution < -0.4 is 15.0 Å². The number of ether oxygens (including phenoxy) is 1. The van der Waals surface area contributed by atoms with Gasteiger partial charge in [-0.25, -0.2) is 9.78 Å². The first-order valence-electron chi connectivity index (χ1n) is 7.61. The quantitative estimate of drug-likeness (QED) is 0.780. The maximum Gasteiger partial charge on any atom is 0.327 e. The van der Waals surface area contributed by atoms with Crippen molar-refractivity contribution in [3.63, 3.8) is 0 Å². The molecule has 1 aliphatic heterocycles. The Morgan fingerprint density at radius 2 is 2.00 bits per heavy atom. The largest absolute Gasteiger partial charge is 0.488 e. The number of pyridine rings is 1. The molecule has 0 unspecified atom stereocenters. The molecule has 24 heavy (non-hydrogen) atoms. The number of urea groups is 1. The predicted molar refractivity (Wildman–Crippen MR) is 90.2 cm³/mol. The molecule has 6 heteroatoms. The van der Waals surface area contributed by atoms with Gasteiger partial charge in [0.2, 0.25) is 0 Å². The number of para-hydroxylation sites is 1. The highest BCUT2D eigenvalue weighted by Crippen LogP contribution is 2.32. The van der Waals surface area contributed by atoms with E-state index in [4.69, 9.17) is 9.15 Å². The summed E-state index contributed by atoms with van der Waals surface area (Å²) in [6.07, 6.45) is 3.21. The number of amides is 2. The zero-order chi connectivity index (χ0) is 16.4. The molecule has 4 rings (SSSR count). The van der Waals surface area contributed by atoms with Crippen LogP contribution in [0.4, 0.5) is 16.3 Å². The molecule has 0 saturated carbocycles. The van der Waals surface area contributed by atoms with Gasteiger partial charge >= 0.3 is 6.03 Å². The van der Waals surface area contributed by atoms with Crippen LogP contribution >= 0.6 is 0 Å². The molecule has 0 saturated heterocycles. The SMILES string of the molecule is O=C(Nc1ccccc1)N1CCOc2ccc(-c3ccoc3)nc21. The van der Waals surface area contributed by atoms with Crippen molar-refractivity contribution in [2.45, 2.75) is 0 Å². The van der Waals surface area contributed by atoms with Gasteiger partial charge in [0.15, 0.2) is 11.6 Å². The monoisotopic (exact) mass is 321 g/mol. The number of anilines is 2. The average molecular weight is 321 g/mol. The van der Waals surface area contributed by atoms with Gasteiger partial charge < -0.3 is 14.5 Å². The van der Waals surface area contributed by atoms with E-state index in [9.17, 15) is 4.79 Å². The highest BCUT2D eigenvalue weighted by Gasteiger charge is 2.26. The number of carbonyl (C=O) groups is 1. The van der Waals surface area contributed by atoms with E-state index in [1.54, 1.807) is 17.4 Å². The average Bonchev–Trinajstić information content (AvgIpc) is 3.16. The van der Waals surface area contributed by atoms with E-state index in [-0.39, 0.29) is 6.03 Å². The summed E-state index contributed by atoms with van der Waals surface area (Å²) in [5.74, 6) is 1.10. The van der Waals surface area contributed by atoms with Crippen molar-refractivity contribution in [3.05, 3.63) is 61.1 Å². The Balaban J connectivity index is 1.64. The number of nitrogens with one attached hydrogen (secondary N) is 1. The van der Waals surface area contributed by atoms with Gasteiger partial charge in [0, 0.05) is 11.3 Å². The lowest BCUT2D eigenvalue weighted by Gasteiger charge is -2.28. The number of nitrogens with zero attached hydrogens (tertiary/aromatic N) is 2. The van der Waals surface area contributed by atoms with Crippen molar-refractivity contribution < 1.29 is 13.9 Å². The number of fused-ring (bicyclic) bond motifs is 1. The van der Waals surface area contributed by atoms with E-state index in [1.165, 1.54) is 0 Å². The molecule has 1 N–H and O–H groups in total. The third kappa shape index (κ3) is 2.69. The topological polar surface area (TPSA) is 67.6 Å². The summed E-state index contributed by atoms with van der Waals surface area (Å²) in [5, 5.41) is 2.88. The van der Waals surface area contributed by atoms with Gasteiger partial charge in [0.05, 0.1) is 24.8 Å². The second-order valence-corrected chi connectivity index (χ2v) is 5.33. The fourth-order valence-electron chi connectivity index (χ4n) is 2.58. The minimum absolute atomic E-state index is 0.234. The molecule has 1 aromatic carbocycles. The lowest BCUT2D eigenvalue weighted by Crippen LogP contribution is -2.41. The molecule has 3 heterocycles. The predicted octanol–water partition coefficient (Wildman–Crippen LogP) is 3.77. The number of benzene rings is 1. The van der Waals surface area contributed by atoms with E-state index in [1.807, 2.05) is 48.5 Å². The number of aromatic nitrogens is 1. The van der Waals surface area contributed by atoms with Gasteiger partial charge in [-0.2, -0.15) is 0 Å². The van der Waals surface area contributed by atoms with Crippen LogP contribution in [0.3, 0.4) is 0 Å². The summed E-state index contributed by atoms with van der Waals surface area (Å²) < 4.78 is 10.7. The summed E-state index contributed by atoms with van der Waals surface area (Å²) in [7, 11) is 0. The smallest absolute Gasteiger partial charge is 0.327 e. The van der Waals surface area contributed by atoms with Crippen molar-refractivity contribution in [2.24, 2.45) is 0 Å². The maximum absolute atomic E-state index is 12.6. The van der Waals surface area contributed by atoms with Crippen LogP contribution in [-0.2, 0) is 0 Å². The normalized spacial score (nSPS) is 13.1. The summed E-state index contributed by atoms with van der Waals surface area (Å²) >= 11 is 0. The van der Waals surface area contributed by atoms with Gasteiger partial charge in [-0.05, 0) is 30.3 Å². The fraction of sp³-hybridized carbons (Fsp3) is 0.111. The van der Waals surface area contributed by atoms with Crippen molar-refractivity contribution in [3.8, 4) is 17.0 Å². The summed E-state index contributed by atoms with van der Waals surface area (Å²) in [6.45, 7) is 0.870. The Kier molecular flexibility index (Phi) is 3.63. The highest BCUT2D eigenvalue weighted by atomic mass is 16.5. The molecular formula is C18H15N3O3. The van der Waals surface area contributed by atoms with Crippen molar-refractivity contribution in [1.82, 2.24) is 4.98 Å². The van der Waals surface area contributed by atoms with E-state index in [0.29, 0.717) is 24.7 Å². The van der Waals surface area contributed by atoms with Crippen LogP contribution in [0.5, 0.6) is 5.75 Å². The molecule has 0 radical (unpaired) electrons. The zero-order valence-corrected chi connectivity index (χ0v) is 12.8. The Morgan fingerprint density at radius 1 is 1.12 bits per heavy atom. The van der Waals surface area contributed by atoms with E-state index in [0.717, 1.165) is 16.9 Å². The summed E-state index contributed by atoms with van der Waals surface area (Å²) in [4.78, 5) is 18.8. The Morgan fingerprint density at radius 3 is 2.79 bits per heavy atom. The zero-order valence-electron chi connectivity index (χ0n) is 12.8. The molecule has 0 atom stereocenters. The Bertz CT molecular complexity index is 847. The van der Waals surface area contributed by atoms with Crippen molar-refractivity contribution in [1.29, 1.82) is 0 Å². The Labute approximate surface area is 138 Å². The van der Waals surface area contributed by atoms with Gasteiger partial charge in [0.1, 0.15) is 6.61 Å². The van der Waals surface area contributed by atoms with Gasteiger partial charge in [0.25, 0.3) is 0 Å². The van der Waals surface area contributed by atoms with E-state index >= 15 is 0 Å². The Hall–Kier alpha value is -3.28. The van der Waals surface area contributed by atoms with E-state index < -0.39 is 0 Å². The fourth-order valence-corrected chi connectivity index (χ4v) is 2.58. The van der Waals surface area contributed by atoms with Gasteiger partial charge in [-0.1, -0.05) is 18.2 Å². The molecule has 0 aliphatic carbocycles. The van der Waals surface area contributed by atoms with Crippen LogP contribution in [-0.4, -0.2) is 24.2 Å². The van der Waals surface area contributed by atoms with Crippen molar-refractivity contribution >= 4 is 17.5 Å². The number of hydrogen-bond donors (Lipinski definition) is 1. The van der Waals surface area contributed by atoms with Gasteiger partial charge in [-0.15, -0.1) is 0 Å². The lowest BCUT2D eigenvalue weighted by molar-refractivity contribution is 0.249. The third-order valence-corrected chi connectivity index (χ3v) is 3.75. The first kappa shape index (κ1) is 14.3. The molecule has 2 aromatic heterocycles. The molecule has 2 amide bonds. The second kappa shape index (κ2) is 6.08. The number of hydrogen-bond acceptors (Lipinski definition) is 4. The number of carbonyl (C=O) groups excluding carboxylic acids is 1. The minimum Gasteiger partial charge on any atom is -0.488 e. The molecule has 120 valence electrons. The molecule has 6 nitrogen and oxygen atoms in total. The molecule has 0 fully saturated rings. The highest BCUT2D eigenvalue weighted by molar-refractivity contribution is 6.02. The molecule has 0 bridgehead atoms. The first-order chi connectivity index (χ1) is 11.8. The minimum atomic E-state index is -0.234. The summed E-state index contributed by atoms with van der Waals surface area (Å²) in [6, 6.07) is 14.6. The van der Waals surface area contributed by atoms with Gasteiger partial charge in [-0.3, -0.25) is 4.90 Å². The second-order valence-electron chi connectivity index (χ2n) is 5.33. The standard InChI is InChI=1S/C18H15N3O3/c22-18(19-14-4-2-1-3-5-14)21-9-11-24-16-7-6-15(20-17(16)21)13-8-10-23-12-13/h1-8,10,12H,9,11H2,(H,19,22). The van der Waals surface area contributed by atoms with Crippen LogP contribution in [0.25, 0.3) is 11.3 Å². The van der Waals surface area contributed by atoms with Crippen LogP contribution in [0.1, 0.15) is 0 Å². The maximum atomic E-state index is 12.6. The third-order valence-electron chi connectivity index (χ3n) is 3.75. The molecule has 3 aromatic rings. The lowest BCUT2D eigenvalue weighted by atomic mass is 10.2. The molecule has 0 spiro atoms. The number of rotatable bonds is 2. The molecular weight excluding hydrogens is 306 g/mol. The molecule has 1 aliphatic rings. The van der Waals surface area contributed by atoms with Crippen LogP contribution in [0, 0.1) is 0 Å². The van der Waals surface area contributed by atoms with E-state index in [2.05, 4.69) is 10.3 Å². The van der Waals surface area contributed by atoms with Crippen molar-refractivity contribution in [2.75, 3.05) is 23.4 Å². The number of furan rings is 1. The first-order valence-corrected chi connectivity index (χ1v) is 7.61. The summed E-state index contributed by atoms with van der Waals surface area (Å²) in [5.41, 5.74) is 2.32. The van der Waals surface area contributed by atoms with Crippen LogP contribution in [0.2, 0.25) is 0 Å². The van der Waals surface area contributed by atoms with Crippen LogP contribution in [0.15, 0.2) is 65.5 Å².